The lowest BCUT2D eigenvalue weighted by Gasteiger charge is -2.39. The largest absolute Gasteiger partial charge is 0.335 e. The molecular formula is C16H19FN2O. The Morgan fingerprint density at radius 3 is 2.55 bits per heavy atom. The van der Waals surface area contributed by atoms with Gasteiger partial charge in [0, 0.05) is 30.4 Å². The predicted molar refractivity (Wildman–Crippen MR) is 72.6 cm³/mol. The molecule has 1 aromatic heterocycles. The minimum absolute atomic E-state index is 0.00972. The quantitative estimate of drug-likeness (QED) is 0.738. The van der Waals surface area contributed by atoms with Gasteiger partial charge in [0.1, 0.15) is 0 Å². The molecule has 0 spiro atoms. The van der Waals surface area contributed by atoms with E-state index in [0.29, 0.717) is 17.5 Å². The van der Waals surface area contributed by atoms with E-state index >= 15 is 0 Å². The van der Waals surface area contributed by atoms with E-state index in [1.807, 2.05) is 4.90 Å². The molecule has 4 fully saturated rings. The summed E-state index contributed by atoms with van der Waals surface area (Å²) in [6, 6.07) is 3.26. The molecule has 4 bridgehead atoms. The minimum Gasteiger partial charge on any atom is -0.335 e. The lowest BCUT2D eigenvalue weighted by molar-refractivity contribution is 0.0632. The van der Waals surface area contributed by atoms with Crippen LogP contribution >= 0.6 is 0 Å². The summed E-state index contributed by atoms with van der Waals surface area (Å²) in [5.41, 5.74) is 0.443. The first-order valence-corrected chi connectivity index (χ1v) is 7.61. The third kappa shape index (κ3) is 2.02. The van der Waals surface area contributed by atoms with Crippen LogP contribution in [0.2, 0.25) is 0 Å². The fourth-order valence-corrected chi connectivity index (χ4v) is 4.73. The molecule has 4 heteroatoms. The highest BCUT2D eigenvalue weighted by Crippen LogP contribution is 2.47. The third-order valence-corrected chi connectivity index (χ3v) is 5.34. The Morgan fingerprint density at radius 1 is 1.15 bits per heavy atom. The number of fused-ring (bicyclic) bond motifs is 1. The Hall–Kier alpha value is -1.45. The molecule has 3 nitrogen and oxygen atoms in total. The second-order valence-corrected chi connectivity index (χ2v) is 6.76. The molecule has 2 atom stereocenters. The van der Waals surface area contributed by atoms with E-state index in [9.17, 15) is 9.18 Å². The molecule has 2 aliphatic heterocycles. The van der Waals surface area contributed by atoms with Crippen molar-refractivity contribution in [1.29, 1.82) is 0 Å². The topological polar surface area (TPSA) is 33.2 Å². The fraction of sp³-hybridized carbons (Fsp3) is 0.625. The SMILES string of the molecule is O=C(c1ccnc(F)c1)N1CC2CC3CC(C2)CC1C3. The zero-order chi connectivity index (χ0) is 13.7. The first kappa shape index (κ1) is 12.3. The third-order valence-electron chi connectivity index (χ3n) is 5.34. The second kappa shape index (κ2) is 4.54. The van der Waals surface area contributed by atoms with Gasteiger partial charge in [-0.2, -0.15) is 4.39 Å². The van der Waals surface area contributed by atoms with E-state index in [1.54, 1.807) is 6.07 Å². The van der Waals surface area contributed by atoms with Crippen molar-refractivity contribution in [1.82, 2.24) is 9.88 Å². The van der Waals surface area contributed by atoms with E-state index in [2.05, 4.69) is 4.98 Å². The van der Waals surface area contributed by atoms with Crippen LogP contribution in [-0.4, -0.2) is 28.4 Å². The van der Waals surface area contributed by atoms with Crippen LogP contribution < -0.4 is 0 Å². The molecule has 20 heavy (non-hydrogen) atoms. The van der Waals surface area contributed by atoms with Gasteiger partial charge in [0.15, 0.2) is 0 Å². The summed E-state index contributed by atoms with van der Waals surface area (Å²) in [7, 11) is 0. The highest BCUT2D eigenvalue weighted by Gasteiger charge is 2.44. The monoisotopic (exact) mass is 274 g/mol. The maximum absolute atomic E-state index is 13.2. The van der Waals surface area contributed by atoms with Crippen molar-refractivity contribution in [2.45, 2.75) is 38.1 Å². The van der Waals surface area contributed by atoms with Gasteiger partial charge in [-0.25, -0.2) is 4.98 Å². The standard InChI is InChI=1S/C16H19FN2O/c17-15-8-13(1-2-18-15)16(20)19-9-12-4-10-3-11(5-12)7-14(19)6-10/h1-2,8,10-12,14H,3-7,9H2. The van der Waals surface area contributed by atoms with E-state index in [1.165, 1.54) is 31.5 Å². The number of hydrogen-bond acceptors (Lipinski definition) is 2. The number of hydrogen-bond donors (Lipinski definition) is 0. The van der Waals surface area contributed by atoms with E-state index < -0.39 is 5.95 Å². The summed E-state index contributed by atoms with van der Waals surface area (Å²) in [5.74, 6) is 1.69. The minimum atomic E-state index is -0.573. The van der Waals surface area contributed by atoms with Crippen molar-refractivity contribution >= 4 is 5.91 Å². The average Bonchev–Trinajstić information content (AvgIpc) is 2.62. The van der Waals surface area contributed by atoms with Crippen LogP contribution in [0, 0.1) is 23.7 Å². The number of amides is 1. The Balaban J connectivity index is 1.63. The van der Waals surface area contributed by atoms with Crippen LogP contribution in [-0.2, 0) is 0 Å². The molecule has 0 radical (unpaired) electrons. The maximum Gasteiger partial charge on any atom is 0.254 e. The second-order valence-electron chi connectivity index (χ2n) is 6.76. The zero-order valence-electron chi connectivity index (χ0n) is 11.5. The van der Waals surface area contributed by atoms with E-state index in [-0.39, 0.29) is 5.91 Å². The summed E-state index contributed by atoms with van der Waals surface area (Å²) in [4.78, 5) is 18.3. The van der Waals surface area contributed by atoms with Crippen molar-refractivity contribution < 1.29 is 9.18 Å². The smallest absolute Gasteiger partial charge is 0.254 e. The molecule has 4 aliphatic rings. The number of aromatic nitrogens is 1. The Kier molecular flexibility index (Phi) is 2.79. The Labute approximate surface area is 118 Å². The Morgan fingerprint density at radius 2 is 1.85 bits per heavy atom. The summed E-state index contributed by atoms with van der Waals surface area (Å²) >= 11 is 0. The zero-order valence-corrected chi connectivity index (χ0v) is 11.5. The van der Waals surface area contributed by atoms with Gasteiger partial charge >= 0.3 is 0 Å². The lowest BCUT2D eigenvalue weighted by Crippen LogP contribution is -2.42. The molecule has 106 valence electrons. The van der Waals surface area contributed by atoms with Crippen LogP contribution in [0.25, 0.3) is 0 Å². The highest BCUT2D eigenvalue weighted by molar-refractivity contribution is 5.94. The van der Waals surface area contributed by atoms with Gasteiger partial charge in [0.05, 0.1) is 0 Å². The molecule has 2 aliphatic carbocycles. The summed E-state index contributed by atoms with van der Waals surface area (Å²) in [5, 5.41) is 0. The summed E-state index contributed by atoms with van der Waals surface area (Å²) in [6.45, 7) is 0.862. The Bertz CT molecular complexity index is 533. The van der Waals surface area contributed by atoms with Crippen molar-refractivity contribution in [2.24, 2.45) is 17.8 Å². The lowest BCUT2D eigenvalue weighted by atomic mass is 9.68. The first-order chi connectivity index (χ1) is 9.69. The number of carbonyl (C=O) groups is 1. The molecule has 2 unspecified atom stereocenters. The molecule has 1 amide bonds. The van der Waals surface area contributed by atoms with E-state index in [0.717, 1.165) is 31.2 Å². The van der Waals surface area contributed by atoms with Gasteiger partial charge in [-0.15, -0.1) is 0 Å². The normalized spacial score (nSPS) is 35.1. The van der Waals surface area contributed by atoms with Crippen LogP contribution in [0.1, 0.15) is 42.5 Å². The van der Waals surface area contributed by atoms with Crippen molar-refractivity contribution in [2.75, 3.05) is 6.54 Å². The van der Waals surface area contributed by atoms with Crippen molar-refractivity contribution in [3.05, 3.63) is 29.8 Å². The van der Waals surface area contributed by atoms with Gasteiger partial charge in [0.2, 0.25) is 5.95 Å². The van der Waals surface area contributed by atoms with Gasteiger partial charge in [-0.1, -0.05) is 0 Å². The average molecular weight is 274 g/mol. The number of carbonyl (C=O) groups excluding carboxylic acids is 1. The van der Waals surface area contributed by atoms with Gasteiger partial charge in [-0.05, 0) is 55.9 Å². The first-order valence-electron chi connectivity index (χ1n) is 7.61. The van der Waals surface area contributed by atoms with Crippen molar-refractivity contribution in [3.63, 3.8) is 0 Å². The number of pyridine rings is 1. The van der Waals surface area contributed by atoms with E-state index in [4.69, 9.17) is 0 Å². The number of nitrogens with zero attached hydrogens (tertiary/aromatic N) is 2. The molecule has 3 heterocycles. The number of halogens is 1. The molecule has 2 saturated heterocycles. The molecule has 2 saturated carbocycles. The molecule has 5 rings (SSSR count). The van der Waals surface area contributed by atoms with Crippen LogP contribution in [0.3, 0.4) is 0 Å². The number of rotatable bonds is 1. The molecule has 1 aromatic rings. The maximum atomic E-state index is 13.2. The van der Waals surface area contributed by atoms with Crippen molar-refractivity contribution in [3.8, 4) is 0 Å². The van der Waals surface area contributed by atoms with Crippen LogP contribution in [0.4, 0.5) is 4.39 Å². The summed E-state index contributed by atoms with van der Waals surface area (Å²) < 4.78 is 13.2. The van der Waals surface area contributed by atoms with Crippen LogP contribution in [0.5, 0.6) is 0 Å². The van der Waals surface area contributed by atoms with Gasteiger partial charge < -0.3 is 4.90 Å². The molecular weight excluding hydrogens is 255 g/mol. The fourth-order valence-electron chi connectivity index (χ4n) is 4.73. The summed E-state index contributed by atoms with van der Waals surface area (Å²) in [6.07, 6.45) is 7.59. The van der Waals surface area contributed by atoms with Crippen LogP contribution in [0.15, 0.2) is 18.3 Å². The predicted octanol–water partition coefficient (Wildman–Crippen LogP) is 2.87. The van der Waals surface area contributed by atoms with Gasteiger partial charge in [0.25, 0.3) is 5.91 Å². The molecule has 0 N–H and O–H groups in total. The van der Waals surface area contributed by atoms with Gasteiger partial charge in [-0.3, -0.25) is 4.79 Å². The highest BCUT2D eigenvalue weighted by atomic mass is 19.1. The molecule has 0 aromatic carbocycles.